The first-order chi connectivity index (χ1) is 10.5. The summed E-state index contributed by atoms with van der Waals surface area (Å²) in [6.07, 6.45) is 6.59. The zero-order valence-electron chi connectivity index (χ0n) is 13.1. The molecule has 1 aromatic carbocycles. The van der Waals surface area contributed by atoms with E-state index in [4.69, 9.17) is 9.47 Å². The normalized spacial score (nSPS) is 10.9. The maximum absolute atomic E-state index is 11.9. The van der Waals surface area contributed by atoms with Crippen LogP contribution in [0.5, 0.6) is 11.5 Å². The smallest absolute Gasteiger partial charge is 0.185 e. The highest BCUT2D eigenvalue weighted by Gasteiger charge is 2.04. The maximum Gasteiger partial charge on any atom is 0.185 e. The van der Waals surface area contributed by atoms with Crippen LogP contribution in [0.25, 0.3) is 6.08 Å². The summed E-state index contributed by atoms with van der Waals surface area (Å²) in [6.45, 7) is 5.17. The molecular weight excluding hydrogens is 280 g/mol. The predicted octanol–water partition coefficient (Wildman–Crippen LogP) is 3.38. The van der Waals surface area contributed by atoms with E-state index < -0.39 is 0 Å². The van der Waals surface area contributed by atoms with Gasteiger partial charge in [0.25, 0.3) is 0 Å². The average Bonchev–Trinajstić information content (AvgIpc) is 2.51. The van der Waals surface area contributed by atoms with Crippen LogP contribution < -0.4 is 9.47 Å². The number of allylic oxidation sites excluding steroid dienone is 4. The zero-order valence-corrected chi connectivity index (χ0v) is 13.1. The molecular formula is C18H20O4. The van der Waals surface area contributed by atoms with Gasteiger partial charge in [0.15, 0.2) is 17.3 Å². The molecule has 0 spiro atoms. The first kappa shape index (κ1) is 17.4. The summed E-state index contributed by atoms with van der Waals surface area (Å²) in [7, 11) is 3.12. The Kier molecular flexibility index (Phi) is 6.83. The Morgan fingerprint density at radius 3 is 2.41 bits per heavy atom. The second-order valence-corrected chi connectivity index (χ2v) is 4.65. The van der Waals surface area contributed by atoms with Gasteiger partial charge in [-0.25, -0.2) is 0 Å². The number of hydrogen-bond acceptors (Lipinski definition) is 4. The Hall–Kier alpha value is -2.62. The van der Waals surface area contributed by atoms with Gasteiger partial charge in [-0.2, -0.15) is 0 Å². The molecule has 0 N–H and O–H groups in total. The quantitative estimate of drug-likeness (QED) is 0.545. The van der Waals surface area contributed by atoms with Crippen molar-refractivity contribution in [2.75, 3.05) is 14.2 Å². The lowest BCUT2D eigenvalue weighted by molar-refractivity contribution is -0.116. The number of hydrogen-bond donors (Lipinski definition) is 0. The molecule has 1 rings (SSSR count). The van der Waals surface area contributed by atoms with E-state index in [9.17, 15) is 9.59 Å². The number of methoxy groups -OCH3 is 2. The van der Waals surface area contributed by atoms with Crippen molar-refractivity contribution >= 4 is 17.6 Å². The summed E-state index contributed by atoms with van der Waals surface area (Å²) in [5.41, 5.74) is 1.14. The molecule has 0 amide bonds. The number of ketones is 2. The first-order valence-corrected chi connectivity index (χ1v) is 6.77. The van der Waals surface area contributed by atoms with Crippen LogP contribution in [0.3, 0.4) is 0 Å². The van der Waals surface area contributed by atoms with Gasteiger partial charge >= 0.3 is 0 Å². The van der Waals surface area contributed by atoms with Crippen molar-refractivity contribution in [3.05, 3.63) is 54.1 Å². The van der Waals surface area contributed by atoms with E-state index in [2.05, 4.69) is 6.58 Å². The van der Waals surface area contributed by atoms with Gasteiger partial charge in [0.2, 0.25) is 0 Å². The Labute approximate surface area is 130 Å². The van der Waals surface area contributed by atoms with Gasteiger partial charge < -0.3 is 9.47 Å². The Bertz CT molecular complexity index is 624. The lowest BCUT2D eigenvalue weighted by Gasteiger charge is -2.07. The molecule has 0 aromatic heterocycles. The Morgan fingerprint density at radius 1 is 1.14 bits per heavy atom. The average molecular weight is 300 g/mol. The van der Waals surface area contributed by atoms with Gasteiger partial charge in [-0.3, -0.25) is 9.59 Å². The van der Waals surface area contributed by atoms with E-state index in [0.29, 0.717) is 23.5 Å². The van der Waals surface area contributed by atoms with Gasteiger partial charge in [0.1, 0.15) is 5.78 Å². The number of Topliss-reactive ketones (excluding diaryl/α,β-unsaturated/α-hetero) is 1. The molecule has 0 unspecified atom stereocenters. The molecule has 4 heteroatoms. The summed E-state index contributed by atoms with van der Waals surface area (Å²) in [5.74, 6) is 1.05. The lowest BCUT2D eigenvalue weighted by atomic mass is 10.1. The van der Waals surface area contributed by atoms with E-state index in [1.807, 2.05) is 6.07 Å². The van der Waals surface area contributed by atoms with Crippen LogP contribution in [0.4, 0.5) is 0 Å². The minimum absolute atomic E-state index is 0.0392. The van der Waals surface area contributed by atoms with Gasteiger partial charge in [-0.15, -0.1) is 0 Å². The molecule has 0 heterocycles. The van der Waals surface area contributed by atoms with Gasteiger partial charge in [-0.05, 0) is 30.7 Å². The van der Waals surface area contributed by atoms with Crippen LogP contribution in [0, 0.1) is 0 Å². The third-order valence-corrected chi connectivity index (χ3v) is 2.88. The second kappa shape index (κ2) is 8.62. The molecule has 0 bridgehead atoms. The van der Waals surface area contributed by atoms with Gasteiger partial charge in [0, 0.05) is 12.0 Å². The van der Waals surface area contributed by atoms with Crippen LogP contribution in [0.2, 0.25) is 0 Å². The van der Waals surface area contributed by atoms with Crippen molar-refractivity contribution in [3.8, 4) is 11.5 Å². The zero-order chi connectivity index (χ0) is 16.5. The van der Waals surface area contributed by atoms with E-state index >= 15 is 0 Å². The number of benzene rings is 1. The summed E-state index contributed by atoms with van der Waals surface area (Å²) >= 11 is 0. The summed E-state index contributed by atoms with van der Waals surface area (Å²) in [5, 5.41) is 0. The van der Waals surface area contributed by atoms with Crippen molar-refractivity contribution in [1.82, 2.24) is 0 Å². The number of rotatable bonds is 8. The van der Waals surface area contributed by atoms with Crippen molar-refractivity contribution in [2.45, 2.75) is 13.3 Å². The highest BCUT2D eigenvalue weighted by Crippen LogP contribution is 2.27. The monoisotopic (exact) mass is 300 g/mol. The van der Waals surface area contributed by atoms with Crippen molar-refractivity contribution in [3.63, 3.8) is 0 Å². The van der Waals surface area contributed by atoms with E-state index in [1.54, 1.807) is 44.6 Å². The van der Waals surface area contributed by atoms with E-state index in [1.165, 1.54) is 13.0 Å². The number of ether oxygens (including phenoxy) is 2. The molecule has 0 aliphatic heterocycles. The van der Waals surface area contributed by atoms with Crippen LogP contribution in [-0.2, 0) is 9.59 Å². The molecule has 0 saturated heterocycles. The van der Waals surface area contributed by atoms with Crippen LogP contribution in [0.1, 0.15) is 18.9 Å². The SMILES string of the molecule is C=C(/C=C\CC(C)=O)C(=O)/C=C/c1ccc(OC)c(OC)c1. The molecule has 0 atom stereocenters. The standard InChI is InChI=1S/C18H20O4/c1-13(6-5-7-14(2)19)16(20)10-8-15-9-11-17(21-3)18(12-15)22-4/h5-6,8-12H,1,7H2,2-4H3/b6-5-,10-8+. The molecule has 1 aromatic rings. The predicted molar refractivity (Wildman–Crippen MR) is 87.2 cm³/mol. The number of carbonyl (C=O) groups excluding carboxylic acids is 2. The molecule has 0 aliphatic rings. The lowest BCUT2D eigenvalue weighted by Crippen LogP contribution is -1.94. The van der Waals surface area contributed by atoms with Crippen molar-refractivity contribution in [1.29, 1.82) is 0 Å². The Balaban J connectivity index is 2.75. The second-order valence-electron chi connectivity index (χ2n) is 4.65. The fraction of sp³-hybridized carbons (Fsp3) is 0.222. The van der Waals surface area contributed by atoms with Crippen LogP contribution in [-0.4, -0.2) is 25.8 Å². The fourth-order valence-electron chi connectivity index (χ4n) is 1.68. The highest BCUT2D eigenvalue weighted by atomic mass is 16.5. The Morgan fingerprint density at radius 2 is 1.82 bits per heavy atom. The summed E-state index contributed by atoms with van der Waals surface area (Å²) in [6, 6.07) is 5.36. The summed E-state index contributed by atoms with van der Waals surface area (Å²) < 4.78 is 10.4. The molecule has 4 nitrogen and oxygen atoms in total. The molecule has 0 aliphatic carbocycles. The third kappa shape index (κ3) is 5.40. The molecule has 0 radical (unpaired) electrons. The van der Waals surface area contributed by atoms with Crippen LogP contribution >= 0.6 is 0 Å². The summed E-state index contributed by atoms with van der Waals surface area (Å²) in [4.78, 5) is 22.7. The fourth-order valence-corrected chi connectivity index (χ4v) is 1.68. The molecule has 22 heavy (non-hydrogen) atoms. The molecule has 116 valence electrons. The minimum Gasteiger partial charge on any atom is -0.493 e. The van der Waals surface area contributed by atoms with Gasteiger partial charge in [-0.1, -0.05) is 30.9 Å². The largest absolute Gasteiger partial charge is 0.493 e. The topological polar surface area (TPSA) is 52.6 Å². The van der Waals surface area contributed by atoms with E-state index in [-0.39, 0.29) is 11.6 Å². The highest BCUT2D eigenvalue weighted by molar-refractivity contribution is 6.07. The molecule has 0 saturated carbocycles. The van der Waals surface area contributed by atoms with E-state index in [0.717, 1.165) is 5.56 Å². The van der Waals surface area contributed by atoms with Crippen molar-refractivity contribution < 1.29 is 19.1 Å². The minimum atomic E-state index is -0.213. The van der Waals surface area contributed by atoms with Gasteiger partial charge in [0.05, 0.1) is 14.2 Å². The van der Waals surface area contributed by atoms with Crippen LogP contribution in [0.15, 0.2) is 48.6 Å². The number of carbonyl (C=O) groups is 2. The van der Waals surface area contributed by atoms with Crippen molar-refractivity contribution in [2.24, 2.45) is 0 Å². The maximum atomic E-state index is 11.9. The molecule has 0 fully saturated rings. The first-order valence-electron chi connectivity index (χ1n) is 6.77. The third-order valence-electron chi connectivity index (χ3n) is 2.88.